The third-order valence-electron chi connectivity index (χ3n) is 6.22. The van der Waals surface area contributed by atoms with E-state index in [1.165, 1.54) is 5.56 Å². The zero-order valence-corrected chi connectivity index (χ0v) is 18.5. The summed E-state index contributed by atoms with van der Waals surface area (Å²) in [4.78, 5) is 12.9. The van der Waals surface area contributed by atoms with Gasteiger partial charge in [-0.2, -0.15) is 8.42 Å². The molecule has 7 heteroatoms. The van der Waals surface area contributed by atoms with Gasteiger partial charge in [-0.3, -0.25) is 4.79 Å². The number of nitrogens with zero attached hydrogens (tertiary/aromatic N) is 1. The first-order chi connectivity index (χ1) is 15.0. The van der Waals surface area contributed by atoms with E-state index in [0.29, 0.717) is 30.9 Å². The quantitative estimate of drug-likeness (QED) is 0.601. The summed E-state index contributed by atoms with van der Waals surface area (Å²) in [6.07, 6.45) is 6.63. The van der Waals surface area contributed by atoms with Crippen molar-refractivity contribution >= 4 is 27.5 Å². The number of benzene rings is 2. The van der Waals surface area contributed by atoms with Crippen molar-refractivity contribution in [3.63, 3.8) is 0 Å². The van der Waals surface area contributed by atoms with Crippen molar-refractivity contribution in [2.24, 2.45) is 9.81 Å². The lowest BCUT2D eigenvalue weighted by Gasteiger charge is -2.30. The summed E-state index contributed by atoms with van der Waals surface area (Å²) in [6, 6.07) is 17.1. The van der Waals surface area contributed by atoms with Crippen molar-refractivity contribution < 1.29 is 13.2 Å². The molecule has 0 unspecified atom stereocenters. The summed E-state index contributed by atoms with van der Waals surface area (Å²) >= 11 is 0. The minimum absolute atomic E-state index is 0.0367. The highest BCUT2D eigenvalue weighted by Gasteiger charge is 2.38. The lowest BCUT2D eigenvalue weighted by Crippen LogP contribution is -2.35. The normalized spacial score (nSPS) is 18.5. The molecule has 2 N–H and O–H groups in total. The predicted octanol–water partition coefficient (Wildman–Crippen LogP) is 4.29. The molecule has 1 amide bonds. The SMILES string of the molecule is O=C(CC1(CC2=NS(=O)(=O)c3ccccc3N2)CCCC1)NCCCc1ccccc1. The molecule has 0 atom stereocenters. The Morgan fingerprint density at radius 3 is 2.52 bits per heavy atom. The topological polar surface area (TPSA) is 87.6 Å². The number of hydrogen-bond donors (Lipinski definition) is 2. The number of anilines is 1. The van der Waals surface area contributed by atoms with Crippen LogP contribution < -0.4 is 10.6 Å². The predicted molar refractivity (Wildman–Crippen MR) is 123 cm³/mol. The molecule has 164 valence electrons. The number of amidine groups is 1. The Hall–Kier alpha value is -2.67. The lowest BCUT2D eigenvalue weighted by molar-refractivity contribution is -0.123. The summed E-state index contributed by atoms with van der Waals surface area (Å²) in [7, 11) is -3.71. The van der Waals surface area contributed by atoms with Gasteiger partial charge in [-0.25, -0.2) is 0 Å². The maximum absolute atomic E-state index is 12.7. The van der Waals surface area contributed by atoms with Crippen LogP contribution >= 0.6 is 0 Å². The maximum Gasteiger partial charge on any atom is 0.286 e. The average molecular weight is 440 g/mol. The fourth-order valence-corrected chi connectivity index (χ4v) is 5.85. The molecule has 0 saturated heterocycles. The Balaban J connectivity index is 1.36. The van der Waals surface area contributed by atoms with E-state index in [4.69, 9.17) is 0 Å². The summed E-state index contributed by atoms with van der Waals surface area (Å²) in [6.45, 7) is 0.644. The molecule has 4 rings (SSSR count). The molecule has 0 radical (unpaired) electrons. The molecule has 31 heavy (non-hydrogen) atoms. The largest absolute Gasteiger partial charge is 0.356 e. The Labute approximate surface area is 184 Å². The zero-order valence-electron chi connectivity index (χ0n) is 17.6. The van der Waals surface area contributed by atoms with Crippen LogP contribution in [0.2, 0.25) is 0 Å². The van der Waals surface area contributed by atoms with Crippen molar-refractivity contribution in [1.29, 1.82) is 0 Å². The van der Waals surface area contributed by atoms with Gasteiger partial charge in [-0.05, 0) is 48.8 Å². The zero-order chi connectivity index (χ0) is 21.7. The van der Waals surface area contributed by atoms with E-state index in [2.05, 4.69) is 27.2 Å². The first kappa shape index (κ1) is 21.6. The molecule has 1 fully saturated rings. The fourth-order valence-electron chi connectivity index (χ4n) is 4.71. The molecule has 0 bridgehead atoms. The van der Waals surface area contributed by atoms with Gasteiger partial charge in [0, 0.05) is 19.4 Å². The summed E-state index contributed by atoms with van der Waals surface area (Å²) in [5.41, 5.74) is 1.59. The van der Waals surface area contributed by atoms with Gasteiger partial charge in [0.1, 0.15) is 10.7 Å². The van der Waals surface area contributed by atoms with Crippen LogP contribution in [0.15, 0.2) is 63.9 Å². The molecule has 1 heterocycles. The van der Waals surface area contributed by atoms with Crippen molar-refractivity contribution in [2.45, 2.75) is 56.3 Å². The standard InChI is InChI=1S/C24H29N3O3S/c28-23(25-16-8-11-19-9-2-1-3-10-19)18-24(14-6-7-15-24)17-22-26-20-12-4-5-13-21(20)31(29,30)27-22/h1-5,9-10,12-13H,6-8,11,14-18H2,(H,25,28)(H,26,27). The van der Waals surface area contributed by atoms with E-state index >= 15 is 0 Å². The van der Waals surface area contributed by atoms with Crippen molar-refractivity contribution in [2.75, 3.05) is 11.9 Å². The Morgan fingerprint density at radius 2 is 1.74 bits per heavy atom. The van der Waals surface area contributed by atoms with Crippen LogP contribution in [0, 0.1) is 5.41 Å². The molecule has 6 nitrogen and oxygen atoms in total. The van der Waals surface area contributed by atoms with E-state index in [1.54, 1.807) is 24.3 Å². The first-order valence-corrected chi connectivity index (χ1v) is 12.4. The van der Waals surface area contributed by atoms with Gasteiger partial charge < -0.3 is 10.6 Å². The van der Waals surface area contributed by atoms with Gasteiger partial charge in [0.15, 0.2) is 0 Å². The summed E-state index contributed by atoms with van der Waals surface area (Å²) in [5.74, 6) is 0.479. The van der Waals surface area contributed by atoms with Crippen LogP contribution in [-0.2, 0) is 21.2 Å². The van der Waals surface area contributed by atoms with E-state index in [0.717, 1.165) is 38.5 Å². The Bertz CT molecular complexity index is 1060. The monoisotopic (exact) mass is 439 g/mol. The summed E-state index contributed by atoms with van der Waals surface area (Å²) < 4.78 is 29.2. The molecule has 1 aliphatic heterocycles. The second-order valence-electron chi connectivity index (χ2n) is 8.63. The number of hydrogen-bond acceptors (Lipinski definition) is 4. The molecule has 1 aliphatic carbocycles. The molecular weight excluding hydrogens is 410 g/mol. The third-order valence-corrected chi connectivity index (χ3v) is 7.60. The molecule has 2 aromatic rings. The minimum Gasteiger partial charge on any atom is -0.356 e. The Kier molecular flexibility index (Phi) is 6.41. The number of para-hydroxylation sites is 1. The van der Waals surface area contributed by atoms with Crippen molar-refractivity contribution in [3.05, 3.63) is 60.2 Å². The van der Waals surface area contributed by atoms with Gasteiger partial charge in [-0.1, -0.05) is 55.3 Å². The first-order valence-electron chi connectivity index (χ1n) is 11.0. The smallest absolute Gasteiger partial charge is 0.286 e. The van der Waals surface area contributed by atoms with Crippen molar-refractivity contribution in [3.8, 4) is 0 Å². The molecule has 0 aromatic heterocycles. The summed E-state index contributed by atoms with van der Waals surface area (Å²) in [5, 5.41) is 6.24. The van der Waals surface area contributed by atoms with E-state index in [1.807, 2.05) is 18.2 Å². The highest BCUT2D eigenvalue weighted by Crippen LogP contribution is 2.45. The molecular formula is C24H29N3O3S. The maximum atomic E-state index is 12.7. The van der Waals surface area contributed by atoms with Crippen LogP contribution in [0.3, 0.4) is 0 Å². The number of nitrogens with one attached hydrogen (secondary N) is 2. The van der Waals surface area contributed by atoms with E-state index in [9.17, 15) is 13.2 Å². The van der Waals surface area contributed by atoms with E-state index in [-0.39, 0.29) is 16.2 Å². The number of amides is 1. The highest BCUT2D eigenvalue weighted by molar-refractivity contribution is 7.90. The third kappa shape index (κ3) is 5.34. The lowest BCUT2D eigenvalue weighted by atomic mass is 9.78. The number of carbonyl (C=O) groups excluding carboxylic acids is 1. The molecule has 2 aromatic carbocycles. The van der Waals surface area contributed by atoms with Crippen LogP contribution in [-0.4, -0.2) is 26.7 Å². The number of aryl methyl sites for hydroxylation is 1. The van der Waals surface area contributed by atoms with Gasteiger partial charge in [-0.15, -0.1) is 4.40 Å². The number of rotatable bonds is 8. The van der Waals surface area contributed by atoms with Crippen LogP contribution in [0.4, 0.5) is 5.69 Å². The van der Waals surface area contributed by atoms with Crippen molar-refractivity contribution in [1.82, 2.24) is 5.32 Å². The molecule has 2 aliphatic rings. The van der Waals surface area contributed by atoms with Crippen LogP contribution in [0.1, 0.15) is 50.5 Å². The highest BCUT2D eigenvalue weighted by atomic mass is 32.2. The number of fused-ring (bicyclic) bond motifs is 1. The van der Waals surface area contributed by atoms with Gasteiger partial charge >= 0.3 is 0 Å². The number of sulfonamides is 1. The van der Waals surface area contributed by atoms with Gasteiger partial charge in [0.2, 0.25) is 5.91 Å². The molecule has 0 spiro atoms. The average Bonchev–Trinajstić information content (AvgIpc) is 3.19. The fraction of sp³-hybridized carbons (Fsp3) is 0.417. The van der Waals surface area contributed by atoms with Gasteiger partial charge in [0.05, 0.1) is 5.69 Å². The second-order valence-corrected chi connectivity index (χ2v) is 10.2. The van der Waals surface area contributed by atoms with E-state index < -0.39 is 10.0 Å². The van der Waals surface area contributed by atoms with Crippen LogP contribution in [0.5, 0.6) is 0 Å². The second kappa shape index (κ2) is 9.22. The molecule has 1 saturated carbocycles. The Morgan fingerprint density at radius 1 is 1.03 bits per heavy atom. The van der Waals surface area contributed by atoms with Crippen LogP contribution in [0.25, 0.3) is 0 Å². The van der Waals surface area contributed by atoms with Gasteiger partial charge in [0.25, 0.3) is 10.0 Å². The number of carbonyl (C=O) groups is 1. The minimum atomic E-state index is -3.71.